The molecule has 1 aromatic rings. The lowest BCUT2D eigenvalue weighted by Crippen LogP contribution is -2.20. The van der Waals surface area contributed by atoms with Crippen molar-refractivity contribution in [2.75, 3.05) is 7.11 Å². The fraction of sp³-hybridized carbons (Fsp3) is 0.400. The zero-order chi connectivity index (χ0) is 15.5. The van der Waals surface area contributed by atoms with Crippen molar-refractivity contribution in [3.05, 3.63) is 23.1 Å². The molecule has 0 amide bonds. The van der Waals surface area contributed by atoms with E-state index in [2.05, 4.69) is 14.5 Å². The number of rotatable bonds is 4. The maximum atomic E-state index is 13.7. The van der Waals surface area contributed by atoms with Crippen LogP contribution in [0.1, 0.15) is 17.6 Å². The lowest BCUT2D eigenvalue weighted by molar-refractivity contribution is -0.277. The first-order valence-corrected chi connectivity index (χ1v) is 4.93. The van der Waals surface area contributed by atoms with Crippen LogP contribution in [0.5, 0.6) is 5.88 Å². The number of hydrogen-bond acceptors (Lipinski definition) is 4. The normalized spacial score (nSPS) is 11.6. The monoisotopic (exact) mass is 303 g/mol. The van der Waals surface area contributed by atoms with Crippen molar-refractivity contribution in [1.29, 1.82) is 0 Å². The van der Waals surface area contributed by atoms with Crippen LogP contribution in [0.3, 0.4) is 0 Å². The molecule has 0 unspecified atom stereocenters. The van der Waals surface area contributed by atoms with Gasteiger partial charge in [0.15, 0.2) is 5.82 Å². The van der Waals surface area contributed by atoms with Crippen LogP contribution < -0.4 is 4.74 Å². The molecule has 0 atom stereocenters. The Kier molecular flexibility index (Phi) is 4.79. The Hall–Kier alpha value is -2.00. The summed E-state index contributed by atoms with van der Waals surface area (Å²) in [4.78, 5) is 13.8. The minimum Gasteiger partial charge on any atom is -0.469 e. The van der Waals surface area contributed by atoms with Gasteiger partial charge in [0.2, 0.25) is 0 Å². The lowest BCUT2D eigenvalue weighted by Gasteiger charge is -2.13. The Morgan fingerprint density at radius 2 is 2.00 bits per heavy atom. The molecule has 10 heteroatoms. The van der Waals surface area contributed by atoms with E-state index in [1.807, 2.05) is 0 Å². The van der Waals surface area contributed by atoms with E-state index in [1.165, 1.54) is 0 Å². The molecule has 1 rings (SSSR count). The van der Waals surface area contributed by atoms with Gasteiger partial charge in [-0.1, -0.05) is 0 Å². The summed E-state index contributed by atoms with van der Waals surface area (Å²) in [5.41, 5.74) is -1.97. The molecule has 1 aromatic heterocycles. The van der Waals surface area contributed by atoms with Crippen LogP contribution in [-0.2, 0) is 16.0 Å². The Labute approximate surface area is 108 Å². The standard InChI is InChI=1S/C10H7F6NO3/c1-19-6(18)2-4-5(8(12)13)3-17-9(7(4)11)20-10(14,15)16/h3,8H,2H2,1H3. The molecule has 1 heterocycles. The van der Waals surface area contributed by atoms with Crippen LogP contribution in [0.4, 0.5) is 26.3 Å². The number of esters is 1. The number of carbonyl (C=O) groups is 1. The average molecular weight is 303 g/mol. The number of alkyl halides is 5. The van der Waals surface area contributed by atoms with Crippen molar-refractivity contribution in [2.45, 2.75) is 19.2 Å². The maximum absolute atomic E-state index is 13.7. The molecule has 0 N–H and O–H groups in total. The van der Waals surface area contributed by atoms with Gasteiger partial charge in [-0.15, -0.1) is 13.2 Å². The van der Waals surface area contributed by atoms with Gasteiger partial charge in [0, 0.05) is 17.3 Å². The van der Waals surface area contributed by atoms with Crippen molar-refractivity contribution in [1.82, 2.24) is 4.98 Å². The van der Waals surface area contributed by atoms with E-state index in [4.69, 9.17) is 0 Å². The number of ether oxygens (including phenoxy) is 2. The molecule has 0 radical (unpaired) electrons. The van der Waals surface area contributed by atoms with Crippen LogP contribution in [0, 0.1) is 5.82 Å². The number of nitrogens with zero attached hydrogens (tertiary/aromatic N) is 1. The van der Waals surface area contributed by atoms with E-state index in [1.54, 1.807) is 0 Å². The van der Waals surface area contributed by atoms with Crippen LogP contribution in [0.25, 0.3) is 0 Å². The van der Waals surface area contributed by atoms with Gasteiger partial charge in [-0.3, -0.25) is 4.79 Å². The van der Waals surface area contributed by atoms with Crippen molar-refractivity contribution in [3.8, 4) is 5.88 Å². The smallest absolute Gasteiger partial charge is 0.469 e. The van der Waals surface area contributed by atoms with Gasteiger partial charge in [-0.25, -0.2) is 18.2 Å². The minimum atomic E-state index is -5.25. The summed E-state index contributed by atoms with van der Waals surface area (Å²) in [7, 11) is 0.913. The quantitative estimate of drug-likeness (QED) is 0.634. The van der Waals surface area contributed by atoms with Crippen molar-refractivity contribution >= 4 is 5.97 Å². The first-order chi connectivity index (χ1) is 9.15. The van der Waals surface area contributed by atoms with Gasteiger partial charge in [0.25, 0.3) is 12.3 Å². The molecular formula is C10H7F6NO3. The van der Waals surface area contributed by atoms with Crippen molar-refractivity contribution < 1.29 is 40.6 Å². The van der Waals surface area contributed by atoms with E-state index < -0.39 is 48.0 Å². The van der Waals surface area contributed by atoms with Gasteiger partial charge in [-0.2, -0.15) is 0 Å². The second-order valence-corrected chi connectivity index (χ2v) is 3.41. The summed E-state index contributed by atoms with van der Waals surface area (Å²) in [6.45, 7) is 0. The summed E-state index contributed by atoms with van der Waals surface area (Å²) >= 11 is 0. The van der Waals surface area contributed by atoms with E-state index in [-0.39, 0.29) is 0 Å². The Morgan fingerprint density at radius 1 is 1.40 bits per heavy atom. The number of hydrogen-bond donors (Lipinski definition) is 0. The molecule has 0 aliphatic rings. The van der Waals surface area contributed by atoms with E-state index >= 15 is 0 Å². The fourth-order valence-electron chi connectivity index (χ4n) is 1.28. The fourth-order valence-corrected chi connectivity index (χ4v) is 1.28. The topological polar surface area (TPSA) is 48.4 Å². The first kappa shape index (κ1) is 16.1. The Morgan fingerprint density at radius 3 is 2.45 bits per heavy atom. The average Bonchev–Trinajstić information content (AvgIpc) is 2.32. The minimum absolute atomic E-state index is 0.313. The van der Waals surface area contributed by atoms with Crippen LogP contribution >= 0.6 is 0 Å². The van der Waals surface area contributed by atoms with E-state index in [9.17, 15) is 31.1 Å². The second kappa shape index (κ2) is 5.97. The van der Waals surface area contributed by atoms with Crippen LogP contribution in [0.2, 0.25) is 0 Å². The van der Waals surface area contributed by atoms with Gasteiger partial charge >= 0.3 is 12.3 Å². The molecule has 0 bridgehead atoms. The Balaban J connectivity index is 3.27. The molecule has 0 saturated heterocycles. The predicted molar refractivity (Wildman–Crippen MR) is 51.6 cm³/mol. The molecule has 0 fully saturated rings. The first-order valence-electron chi connectivity index (χ1n) is 4.93. The number of methoxy groups -OCH3 is 1. The Bertz CT molecular complexity index is 503. The lowest BCUT2D eigenvalue weighted by atomic mass is 10.1. The van der Waals surface area contributed by atoms with Gasteiger partial charge in [-0.05, 0) is 0 Å². The number of pyridine rings is 1. The van der Waals surface area contributed by atoms with Crippen molar-refractivity contribution in [3.63, 3.8) is 0 Å². The summed E-state index contributed by atoms with van der Waals surface area (Å²) in [6.07, 6.45) is -9.13. The summed E-state index contributed by atoms with van der Waals surface area (Å²) < 4.78 is 82.2. The summed E-state index contributed by atoms with van der Waals surface area (Å²) in [5.74, 6) is -4.43. The number of aromatic nitrogens is 1. The molecule has 0 saturated carbocycles. The van der Waals surface area contributed by atoms with Crippen LogP contribution in [0.15, 0.2) is 6.20 Å². The molecule has 0 spiro atoms. The van der Waals surface area contributed by atoms with Gasteiger partial charge in [0.05, 0.1) is 13.5 Å². The summed E-state index contributed by atoms with van der Waals surface area (Å²) in [6, 6.07) is 0. The third-order valence-corrected chi connectivity index (χ3v) is 2.12. The third kappa shape index (κ3) is 4.00. The van der Waals surface area contributed by atoms with Crippen molar-refractivity contribution in [2.24, 2.45) is 0 Å². The number of carbonyl (C=O) groups excluding carboxylic acids is 1. The van der Waals surface area contributed by atoms with Crippen LogP contribution in [-0.4, -0.2) is 24.4 Å². The maximum Gasteiger partial charge on any atom is 0.574 e. The second-order valence-electron chi connectivity index (χ2n) is 3.41. The van der Waals surface area contributed by atoms with Gasteiger partial charge in [0.1, 0.15) is 0 Å². The molecule has 20 heavy (non-hydrogen) atoms. The molecule has 0 aliphatic carbocycles. The molecule has 0 aromatic carbocycles. The molecule has 0 aliphatic heterocycles. The molecular weight excluding hydrogens is 296 g/mol. The highest BCUT2D eigenvalue weighted by Crippen LogP contribution is 2.31. The molecule has 112 valence electrons. The van der Waals surface area contributed by atoms with Gasteiger partial charge < -0.3 is 9.47 Å². The zero-order valence-electron chi connectivity index (χ0n) is 9.80. The largest absolute Gasteiger partial charge is 0.574 e. The summed E-state index contributed by atoms with van der Waals surface area (Å²) in [5, 5.41) is 0. The highest BCUT2D eigenvalue weighted by molar-refractivity contribution is 5.73. The SMILES string of the molecule is COC(=O)Cc1c(C(F)F)cnc(OC(F)(F)F)c1F. The van der Waals surface area contributed by atoms with E-state index in [0.717, 1.165) is 7.11 Å². The predicted octanol–water partition coefficient (Wildman–Crippen LogP) is 2.77. The zero-order valence-corrected chi connectivity index (χ0v) is 9.80. The van der Waals surface area contributed by atoms with E-state index in [0.29, 0.717) is 6.20 Å². The molecule has 4 nitrogen and oxygen atoms in total. The highest BCUT2D eigenvalue weighted by atomic mass is 19.4. The highest BCUT2D eigenvalue weighted by Gasteiger charge is 2.35. The third-order valence-electron chi connectivity index (χ3n) is 2.12. The number of halogens is 6.